The maximum Gasteiger partial charge on any atom is 0.329 e. The maximum atomic E-state index is 12.2. The third-order valence-corrected chi connectivity index (χ3v) is 3.89. The van der Waals surface area contributed by atoms with Gasteiger partial charge in [-0.05, 0) is 32.1 Å². The fourth-order valence-corrected chi connectivity index (χ4v) is 2.34. The van der Waals surface area contributed by atoms with Gasteiger partial charge < -0.3 is 15.3 Å². The van der Waals surface area contributed by atoms with Gasteiger partial charge >= 0.3 is 12.0 Å². The summed E-state index contributed by atoms with van der Waals surface area (Å²) in [6.45, 7) is 8.21. The summed E-state index contributed by atoms with van der Waals surface area (Å²) in [5.41, 5.74) is -1.18. The normalized spacial score (nSPS) is 22.9. The molecular formula is C13H24N2O3. The second-order valence-electron chi connectivity index (χ2n) is 5.57. The van der Waals surface area contributed by atoms with Crippen LogP contribution in [0.2, 0.25) is 0 Å². The van der Waals surface area contributed by atoms with Gasteiger partial charge in [-0.2, -0.15) is 0 Å². The fraction of sp³-hybridized carbons (Fsp3) is 0.846. The number of aliphatic carboxylic acids is 1. The zero-order valence-electron chi connectivity index (χ0n) is 11.7. The summed E-state index contributed by atoms with van der Waals surface area (Å²) in [5.74, 6) is -0.588. The molecule has 0 aromatic rings. The first kappa shape index (κ1) is 14.8. The Morgan fingerprint density at radius 1 is 1.50 bits per heavy atom. The van der Waals surface area contributed by atoms with Crippen molar-refractivity contribution in [2.24, 2.45) is 5.92 Å². The summed E-state index contributed by atoms with van der Waals surface area (Å²) in [4.78, 5) is 25.2. The topological polar surface area (TPSA) is 69.6 Å². The van der Waals surface area contributed by atoms with E-state index in [-0.39, 0.29) is 12.1 Å². The minimum Gasteiger partial charge on any atom is -0.480 e. The lowest BCUT2D eigenvalue weighted by Gasteiger charge is -2.32. The van der Waals surface area contributed by atoms with Crippen LogP contribution in [0.1, 0.15) is 47.0 Å². The first-order valence-corrected chi connectivity index (χ1v) is 6.64. The molecular weight excluding hydrogens is 232 g/mol. The van der Waals surface area contributed by atoms with Crippen molar-refractivity contribution >= 4 is 12.0 Å². The van der Waals surface area contributed by atoms with E-state index in [2.05, 4.69) is 19.2 Å². The SMILES string of the molecule is CCC(C)(NC(=O)N1CCCC1C(C)C)C(=O)O. The third-order valence-electron chi connectivity index (χ3n) is 3.89. The molecule has 0 aliphatic carbocycles. The van der Waals surface area contributed by atoms with Crippen molar-refractivity contribution in [1.29, 1.82) is 0 Å². The van der Waals surface area contributed by atoms with Crippen molar-refractivity contribution in [3.63, 3.8) is 0 Å². The Labute approximate surface area is 109 Å². The number of hydrogen-bond donors (Lipinski definition) is 2. The number of hydrogen-bond acceptors (Lipinski definition) is 2. The minimum atomic E-state index is -1.18. The number of rotatable bonds is 4. The fourth-order valence-electron chi connectivity index (χ4n) is 2.34. The maximum absolute atomic E-state index is 12.2. The van der Waals surface area contributed by atoms with Crippen LogP contribution in [0.5, 0.6) is 0 Å². The van der Waals surface area contributed by atoms with E-state index in [0.717, 1.165) is 12.8 Å². The van der Waals surface area contributed by atoms with Gasteiger partial charge in [0, 0.05) is 12.6 Å². The first-order valence-electron chi connectivity index (χ1n) is 6.64. The molecule has 0 aromatic carbocycles. The average molecular weight is 256 g/mol. The zero-order chi connectivity index (χ0) is 13.9. The highest BCUT2D eigenvalue weighted by atomic mass is 16.4. The number of carbonyl (C=O) groups excluding carboxylic acids is 1. The first-order chi connectivity index (χ1) is 8.31. The van der Waals surface area contributed by atoms with Crippen molar-refractivity contribution in [3.05, 3.63) is 0 Å². The van der Waals surface area contributed by atoms with Crippen molar-refractivity contribution < 1.29 is 14.7 Å². The van der Waals surface area contributed by atoms with Crippen LogP contribution in [0.3, 0.4) is 0 Å². The van der Waals surface area contributed by atoms with E-state index in [4.69, 9.17) is 5.11 Å². The van der Waals surface area contributed by atoms with Crippen LogP contribution in [0.4, 0.5) is 4.79 Å². The number of carbonyl (C=O) groups is 2. The molecule has 0 saturated carbocycles. The quantitative estimate of drug-likeness (QED) is 0.809. The molecule has 1 fully saturated rings. The van der Waals surface area contributed by atoms with Gasteiger partial charge in [0.2, 0.25) is 0 Å². The number of amides is 2. The van der Waals surface area contributed by atoms with Crippen LogP contribution < -0.4 is 5.32 Å². The third kappa shape index (κ3) is 2.94. The number of nitrogens with one attached hydrogen (secondary N) is 1. The van der Waals surface area contributed by atoms with Gasteiger partial charge in [-0.15, -0.1) is 0 Å². The standard InChI is InChI=1S/C13H24N2O3/c1-5-13(4,11(16)17)14-12(18)15-8-6-7-10(15)9(2)3/h9-10H,5-8H2,1-4H3,(H,14,18)(H,16,17). The molecule has 2 atom stereocenters. The van der Waals surface area contributed by atoms with Crippen LogP contribution >= 0.6 is 0 Å². The highest BCUT2D eigenvalue weighted by molar-refractivity contribution is 5.86. The van der Waals surface area contributed by atoms with E-state index in [9.17, 15) is 9.59 Å². The second kappa shape index (κ2) is 5.59. The van der Waals surface area contributed by atoms with Crippen LogP contribution in [-0.2, 0) is 4.79 Å². The molecule has 0 spiro atoms. The van der Waals surface area contributed by atoms with E-state index < -0.39 is 11.5 Å². The van der Waals surface area contributed by atoms with E-state index in [1.54, 1.807) is 18.7 Å². The van der Waals surface area contributed by atoms with Crippen molar-refractivity contribution in [2.75, 3.05) is 6.54 Å². The Balaban J connectivity index is 2.73. The highest BCUT2D eigenvalue weighted by Gasteiger charge is 2.37. The highest BCUT2D eigenvalue weighted by Crippen LogP contribution is 2.24. The Bertz CT molecular complexity index is 330. The van der Waals surface area contributed by atoms with E-state index in [1.807, 2.05) is 0 Å². The smallest absolute Gasteiger partial charge is 0.329 e. The lowest BCUT2D eigenvalue weighted by atomic mass is 9.99. The van der Waals surface area contributed by atoms with Crippen LogP contribution in [0, 0.1) is 5.92 Å². The molecule has 2 amide bonds. The van der Waals surface area contributed by atoms with E-state index >= 15 is 0 Å². The molecule has 1 rings (SSSR count). The summed E-state index contributed by atoms with van der Waals surface area (Å²) >= 11 is 0. The lowest BCUT2D eigenvalue weighted by molar-refractivity contribution is -0.143. The van der Waals surface area contributed by atoms with E-state index in [0.29, 0.717) is 18.9 Å². The summed E-state index contributed by atoms with van der Waals surface area (Å²) in [6.07, 6.45) is 2.36. The van der Waals surface area contributed by atoms with Gasteiger partial charge in [0.25, 0.3) is 0 Å². The van der Waals surface area contributed by atoms with Gasteiger partial charge in [-0.1, -0.05) is 20.8 Å². The van der Waals surface area contributed by atoms with Crippen molar-refractivity contribution in [1.82, 2.24) is 10.2 Å². The molecule has 18 heavy (non-hydrogen) atoms. The number of nitrogens with zero attached hydrogens (tertiary/aromatic N) is 1. The molecule has 2 N–H and O–H groups in total. The van der Waals surface area contributed by atoms with Crippen molar-refractivity contribution in [3.8, 4) is 0 Å². The second-order valence-corrected chi connectivity index (χ2v) is 5.57. The zero-order valence-corrected chi connectivity index (χ0v) is 11.7. The lowest BCUT2D eigenvalue weighted by Crippen LogP contribution is -2.57. The molecule has 1 saturated heterocycles. The van der Waals surface area contributed by atoms with Gasteiger partial charge in [0.15, 0.2) is 0 Å². The molecule has 5 nitrogen and oxygen atoms in total. The molecule has 0 bridgehead atoms. The van der Waals surface area contributed by atoms with Crippen molar-refractivity contribution in [2.45, 2.75) is 58.5 Å². The molecule has 5 heteroatoms. The summed E-state index contributed by atoms with van der Waals surface area (Å²) in [5, 5.41) is 11.8. The van der Waals surface area contributed by atoms with Crippen LogP contribution in [0.15, 0.2) is 0 Å². The number of urea groups is 1. The molecule has 104 valence electrons. The van der Waals surface area contributed by atoms with Crippen LogP contribution in [-0.4, -0.2) is 40.1 Å². The Hall–Kier alpha value is -1.26. The molecule has 1 aliphatic heterocycles. The molecule has 1 heterocycles. The number of likely N-dealkylation sites (tertiary alicyclic amines) is 1. The number of carboxylic acid groups (broad SMARTS) is 1. The van der Waals surface area contributed by atoms with E-state index in [1.165, 1.54) is 0 Å². The predicted molar refractivity (Wildman–Crippen MR) is 69.4 cm³/mol. The molecule has 0 radical (unpaired) electrons. The Kier molecular flexibility index (Phi) is 4.59. The molecule has 0 aromatic heterocycles. The van der Waals surface area contributed by atoms with Gasteiger partial charge in [-0.25, -0.2) is 9.59 Å². The van der Waals surface area contributed by atoms with Gasteiger partial charge in [0.1, 0.15) is 5.54 Å². The Morgan fingerprint density at radius 2 is 2.11 bits per heavy atom. The predicted octanol–water partition coefficient (Wildman–Crippen LogP) is 2.07. The van der Waals surface area contributed by atoms with Gasteiger partial charge in [-0.3, -0.25) is 0 Å². The largest absolute Gasteiger partial charge is 0.480 e. The van der Waals surface area contributed by atoms with Gasteiger partial charge in [0.05, 0.1) is 0 Å². The summed E-state index contributed by atoms with van der Waals surface area (Å²) in [6, 6.07) is -0.0298. The Morgan fingerprint density at radius 3 is 2.56 bits per heavy atom. The number of carboxylic acids is 1. The molecule has 1 aliphatic rings. The minimum absolute atomic E-state index is 0.222. The summed E-state index contributed by atoms with van der Waals surface area (Å²) in [7, 11) is 0. The molecule has 2 unspecified atom stereocenters. The average Bonchev–Trinajstić information content (AvgIpc) is 2.77. The monoisotopic (exact) mass is 256 g/mol. The summed E-state index contributed by atoms with van der Waals surface area (Å²) < 4.78 is 0. The van der Waals surface area contributed by atoms with Crippen LogP contribution in [0.25, 0.3) is 0 Å².